The van der Waals surface area contributed by atoms with E-state index in [2.05, 4.69) is 34.7 Å². The lowest BCUT2D eigenvalue weighted by atomic mass is 10.0. The van der Waals surface area contributed by atoms with Gasteiger partial charge in [0.25, 0.3) is 0 Å². The molecule has 2 fully saturated rings. The first-order valence-corrected chi connectivity index (χ1v) is 10.7. The van der Waals surface area contributed by atoms with Crippen molar-refractivity contribution in [1.29, 1.82) is 0 Å². The number of halogens is 1. The quantitative estimate of drug-likeness (QED) is 0.796. The van der Waals surface area contributed by atoms with E-state index in [-0.39, 0.29) is 29.7 Å². The van der Waals surface area contributed by atoms with Crippen LogP contribution in [0.2, 0.25) is 0 Å². The molecule has 0 bridgehead atoms. The van der Waals surface area contributed by atoms with Crippen molar-refractivity contribution in [3.05, 3.63) is 52.5 Å². The molecule has 0 unspecified atom stereocenters. The molecule has 2 aliphatic rings. The van der Waals surface area contributed by atoms with Crippen LogP contribution >= 0.6 is 11.3 Å². The van der Waals surface area contributed by atoms with Crippen LogP contribution in [0, 0.1) is 11.7 Å². The Labute approximate surface area is 164 Å². The molecule has 0 radical (unpaired) electrons. The van der Waals surface area contributed by atoms with Crippen molar-refractivity contribution < 1.29 is 14.1 Å². The van der Waals surface area contributed by atoms with E-state index in [9.17, 15) is 9.18 Å². The second kappa shape index (κ2) is 7.98. The summed E-state index contributed by atoms with van der Waals surface area (Å²) in [6, 6.07) is 11.6. The smallest absolute Gasteiger partial charge is 0.223 e. The lowest BCUT2D eigenvalue weighted by Gasteiger charge is -2.39. The molecule has 1 aromatic heterocycles. The molecule has 2 aromatic rings. The summed E-state index contributed by atoms with van der Waals surface area (Å²) in [6.45, 7) is 5.63. The molecule has 144 valence electrons. The third kappa shape index (κ3) is 4.17. The van der Waals surface area contributed by atoms with Crippen LogP contribution in [0.4, 0.5) is 10.1 Å². The molecular formula is C21H27FN3OS+. The summed E-state index contributed by atoms with van der Waals surface area (Å²) >= 11 is 1.76. The number of hydrogen-bond donors (Lipinski definition) is 2. The zero-order valence-corrected chi connectivity index (χ0v) is 16.5. The maximum Gasteiger partial charge on any atom is 0.223 e. The van der Waals surface area contributed by atoms with Gasteiger partial charge in [-0.05, 0) is 43.3 Å². The number of amides is 1. The number of benzene rings is 1. The average molecular weight is 389 g/mol. The molecule has 1 saturated carbocycles. The third-order valence-corrected chi connectivity index (χ3v) is 6.66. The standard InChI is InChI=1S/C21H26FN3OS/c1-15(23-21(26)16-8-9-16)20(19-7-4-14-27-19)25-12-10-24(11-13-25)18-6-3-2-5-17(18)22/h2-7,14-16,20H,8-13H2,1H3,(H,23,26)/p+1/t15-,20+/m1/s1. The number of para-hydroxylation sites is 1. The second-order valence-electron chi connectivity index (χ2n) is 7.66. The molecule has 1 amide bonds. The molecule has 1 aromatic carbocycles. The predicted octanol–water partition coefficient (Wildman–Crippen LogP) is 2.25. The van der Waals surface area contributed by atoms with Gasteiger partial charge >= 0.3 is 0 Å². The molecular weight excluding hydrogens is 361 g/mol. The van der Waals surface area contributed by atoms with Crippen LogP contribution in [0.25, 0.3) is 0 Å². The summed E-state index contributed by atoms with van der Waals surface area (Å²) in [5.74, 6) is 0.276. The third-order valence-electron chi connectivity index (χ3n) is 5.71. The molecule has 27 heavy (non-hydrogen) atoms. The van der Waals surface area contributed by atoms with Gasteiger partial charge in [0.1, 0.15) is 11.9 Å². The fourth-order valence-corrected chi connectivity index (χ4v) is 5.08. The van der Waals surface area contributed by atoms with E-state index >= 15 is 0 Å². The fourth-order valence-electron chi connectivity index (χ4n) is 4.09. The average Bonchev–Trinajstić information content (AvgIpc) is 3.40. The van der Waals surface area contributed by atoms with Gasteiger partial charge in [-0.1, -0.05) is 18.2 Å². The summed E-state index contributed by atoms with van der Waals surface area (Å²) in [5, 5.41) is 5.36. The van der Waals surface area contributed by atoms with Crippen LogP contribution in [0.3, 0.4) is 0 Å². The summed E-state index contributed by atoms with van der Waals surface area (Å²) in [5.41, 5.74) is 0.694. The molecule has 2 N–H and O–H groups in total. The molecule has 4 nitrogen and oxygen atoms in total. The minimum Gasteiger partial charge on any atom is -0.358 e. The van der Waals surface area contributed by atoms with Gasteiger partial charge in [0.05, 0.1) is 42.8 Å². The molecule has 2 heterocycles. The van der Waals surface area contributed by atoms with Crippen molar-refractivity contribution in [2.75, 3.05) is 31.1 Å². The van der Waals surface area contributed by atoms with Crippen LogP contribution in [0.5, 0.6) is 0 Å². The first kappa shape index (κ1) is 18.4. The number of carbonyl (C=O) groups is 1. The Morgan fingerprint density at radius 3 is 2.59 bits per heavy atom. The Kier molecular flexibility index (Phi) is 5.45. The minimum atomic E-state index is -0.152. The lowest BCUT2D eigenvalue weighted by Crippen LogP contribution is -3.16. The highest BCUT2D eigenvalue weighted by molar-refractivity contribution is 7.10. The summed E-state index contributed by atoms with van der Waals surface area (Å²) < 4.78 is 14.1. The van der Waals surface area contributed by atoms with E-state index in [4.69, 9.17) is 0 Å². The topological polar surface area (TPSA) is 36.8 Å². The predicted molar refractivity (Wildman–Crippen MR) is 107 cm³/mol. The zero-order valence-electron chi connectivity index (χ0n) is 15.7. The molecule has 0 spiro atoms. The van der Waals surface area contributed by atoms with E-state index in [1.54, 1.807) is 17.4 Å². The number of nitrogens with one attached hydrogen (secondary N) is 2. The van der Waals surface area contributed by atoms with E-state index < -0.39 is 0 Å². The van der Waals surface area contributed by atoms with E-state index in [1.807, 2.05) is 12.1 Å². The Bertz CT molecular complexity index is 769. The minimum absolute atomic E-state index is 0.0896. The number of thiophene rings is 1. The monoisotopic (exact) mass is 388 g/mol. The van der Waals surface area contributed by atoms with Crippen LogP contribution in [-0.2, 0) is 4.79 Å². The summed E-state index contributed by atoms with van der Waals surface area (Å²) in [7, 11) is 0. The van der Waals surface area contributed by atoms with E-state index in [0.29, 0.717) is 5.69 Å². The lowest BCUT2D eigenvalue weighted by molar-refractivity contribution is -0.933. The van der Waals surface area contributed by atoms with E-state index in [1.165, 1.54) is 15.8 Å². The summed E-state index contributed by atoms with van der Waals surface area (Å²) in [4.78, 5) is 17.2. The zero-order chi connectivity index (χ0) is 18.8. The van der Waals surface area contributed by atoms with Crippen molar-refractivity contribution >= 4 is 22.9 Å². The first-order chi connectivity index (χ1) is 13.1. The van der Waals surface area contributed by atoms with Crippen LogP contribution < -0.4 is 15.1 Å². The molecule has 1 aliphatic carbocycles. The van der Waals surface area contributed by atoms with Gasteiger partial charge in [-0.3, -0.25) is 4.79 Å². The normalized spacial score (nSPS) is 20.3. The van der Waals surface area contributed by atoms with Gasteiger partial charge in [-0.15, -0.1) is 11.3 Å². The molecule has 1 saturated heterocycles. The van der Waals surface area contributed by atoms with Crippen LogP contribution in [-0.4, -0.2) is 38.1 Å². The summed E-state index contributed by atoms with van der Waals surface area (Å²) in [6.07, 6.45) is 2.05. The first-order valence-electron chi connectivity index (χ1n) is 9.81. The van der Waals surface area contributed by atoms with Crippen molar-refractivity contribution in [2.45, 2.75) is 31.8 Å². The Hall–Kier alpha value is -1.92. The van der Waals surface area contributed by atoms with Crippen molar-refractivity contribution in [2.24, 2.45) is 5.92 Å². The van der Waals surface area contributed by atoms with Gasteiger partial charge in [-0.25, -0.2) is 4.39 Å². The van der Waals surface area contributed by atoms with Gasteiger partial charge in [0, 0.05) is 5.92 Å². The van der Waals surface area contributed by atoms with Gasteiger partial charge in [0.15, 0.2) is 0 Å². The molecule has 6 heteroatoms. The number of nitrogens with zero attached hydrogens (tertiary/aromatic N) is 1. The Balaban J connectivity index is 1.45. The number of carbonyl (C=O) groups excluding carboxylic acids is 1. The SMILES string of the molecule is C[C@@H](NC(=O)C1CC1)[C@@H](c1cccs1)[NH+]1CCN(c2ccccc2F)CC1. The fraction of sp³-hybridized carbons (Fsp3) is 0.476. The van der Waals surface area contributed by atoms with Gasteiger partial charge in [-0.2, -0.15) is 0 Å². The highest BCUT2D eigenvalue weighted by atomic mass is 32.1. The van der Waals surface area contributed by atoms with Crippen LogP contribution in [0.15, 0.2) is 41.8 Å². The second-order valence-corrected chi connectivity index (χ2v) is 8.64. The maximum absolute atomic E-state index is 14.1. The largest absolute Gasteiger partial charge is 0.358 e. The highest BCUT2D eigenvalue weighted by Gasteiger charge is 2.37. The Morgan fingerprint density at radius 2 is 1.96 bits per heavy atom. The number of quaternary nitrogens is 1. The van der Waals surface area contributed by atoms with Crippen molar-refractivity contribution in [3.63, 3.8) is 0 Å². The molecule has 4 rings (SSSR count). The van der Waals surface area contributed by atoms with E-state index in [0.717, 1.165) is 39.0 Å². The van der Waals surface area contributed by atoms with Gasteiger partial charge < -0.3 is 15.1 Å². The van der Waals surface area contributed by atoms with Gasteiger partial charge in [0.2, 0.25) is 5.91 Å². The highest BCUT2D eigenvalue weighted by Crippen LogP contribution is 2.29. The number of anilines is 1. The van der Waals surface area contributed by atoms with Crippen molar-refractivity contribution in [3.8, 4) is 0 Å². The molecule has 1 aliphatic heterocycles. The number of hydrogen-bond acceptors (Lipinski definition) is 3. The maximum atomic E-state index is 14.1. The number of piperazine rings is 1. The molecule has 2 atom stereocenters. The van der Waals surface area contributed by atoms with Crippen molar-refractivity contribution in [1.82, 2.24) is 5.32 Å². The Morgan fingerprint density at radius 1 is 1.22 bits per heavy atom. The number of rotatable bonds is 6. The van der Waals surface area contributed by atoms with Crippen LogP contribution in [0.1, 0.15) is 30.7 Å².